The molecule has 1 saturated carbocycles. The van der Waals surface area contributed by atoms with E-state index in [1.165, 1.54) is 7.11 Å². The van der Waals surface area contributed by atoms with Crippen molar-refractivity contribution in [2.45, 2.75) is 39.2 Å². The van der Waals surface area contributed by atoms with Crippen LogP contribution in [0, 0.1) is 11.8 Å². The van der Waals surface area contributed by atoms with Gasteiger partial charge in [0.15, 0.2) is 0 Å². The van der Waals surface area contributed by atoms with Crippen LogP contribution >= 0.6 is 0 Å². The largest absolute Gasteiger partial charge is 0.462 e. The molecule has 4 nitrogen and oxygen atoms in total. The molecule has 0 bridgehead atoms. The molecule has 0 aromatic rings. The van der Waals surface area contributed by atoms with Crippen molar-refractivity contribution in [2.75, 3.05) is 7.11 Å². The molecule has 1 rings (SSSR count). The highest BCUT2D eigenvalue weighted by molar-refractivity contribution is 6.32. The molecule has 0 heterocycles. The standard InChI is InChI=1S/C11H19NO3/c1-7-4-5-9(8(2)6-7)12-10(13)11(14)15-3/h7-9H,4-6H2,1-3H3,(H,12,13). The van der Waals surface area contributed by atoms with Gasteiger partial charge in [-0.3, -0.25) is 4.79 Å². The first kappa shape index (κ1) is 12.0. The van der Waals surface area contributed by atoms with E-state index in [0.29, 0.717) is 11.8 Å². The Morgan fingerprint density at radius 1 is 1.27 bits per heavy atom. The quantitative estimate of drug-likeness (QED) is 0.524. The predicted octanol–water partition coefficient (Wildman–Crippen LogP) is 1.10. The zero-order valence-corrected chi connectivity index (χ0v) is 9.58. The second-order valence-corrected chi connectivity index (χ2v) is 4.47. The minimum absolute atomic E-state index is 0.118. The number of hydrogen-bond donors (Lipinski definition) is 1. The average molecular weight is 213 g/mol. The lowest BCUT2D eigenvalue weighted by molar-refractivity contribution is -0.153. The van der Waals surface area contributed by atoms with Gasteiger partial charge >= 0.3 is 11.9 Å². The first-order chi connectivity index (χ1) is 7.04. The van der Waals surface area contributed by atoms with E-state index in [9.17, 15) is 9.59 Å². The molecule has 1 N–H and O–H groups in total. The summed E-state index contributed by atoms with van der Waals surface area (Å²) in [5, 5.41) is 2.73. The fraction of sp³-hybridized carbons (Fsp3) is 0.818. The summed E-state index contributed by atoms with van der Waals surface area (Å²) >= 11 is 0. The lowest BCUT2D eigenvalue weighted by Crippen LogP contribution is -2.45. The number of hydrogen-bond acceptors (Lipinski definition) is 3. The highest BCUT2D eigenvalue weighted by atomic mass is 16.5. The molecular weight excluding hydrogens is 194 g/mol. The van der Waals surface area contributed by atoms with Crippen molar-refractivity contribution in [3.8, 4) is 0 Å². The van der Waals surface area contributed by atoms with Crippen LogP contribution in [0.15, 0.2) is 0 Å². The Morgan fingerprint density at radius 2 is 1.93 bits per heavy atom. The van der Waals surface area contributed by atoms with E-state index < -0.39 is 11.9 Å². The molecule has 1 amide bonds. The number of carbonyl (C=O) groups is 2. The lowest BCUT2D eigenvalue weighted by atomic mass is 9.80. The van der Waals surface area contributed by atoms with Gasteiger partial charge in [0.25, 0.3) is 0 Å². The van der Waals surface area contributed by atoms with Crippen LogP contribution in [-0.2, 0) is 14.3 Å². The molecule has 0 aromatic carbocycles. The average Bonchev–Trinajstić information content (AvgIpc) is 2.20. The van der Waals surface area contributed by atoms with Crippen LogP contribution < -0.4 is 5.32 Å². The van der Waals surface area contributed by atoms with E-state index in [1.54, 1.807) is 0 Å². The molecule has 3 atom stereocenters. The van der Waals surface area contributed by atoms with Crippen molar-refractivity contribution in [1.29, 1.82) is 0 Å². The van der Waals surface area contributed by atoms with Crippen LogP contribution in [0.4, 0.5) is 0 Å². The second kappa shape index (κ2) is 5.14. The SMILES string of the molecule is COC(=O)C(=O)NC1CCC(C)CC1C. The van der Waals surface area contributed by atoms with Gasteiger partial charge in [0, 0.05) is 6.04 Å². The highest BCUT2D eigenvalue weighted by Crippen LogP contribution is 2.28. The highest BCUT2D eigenvalue weighted by Gasteiger charge is 2.28. The van der Waals surface area contributed by atoms with E-state index in [1.807, 2.05) is 0 Å². The summed E-state index contributed by atoms with van der Waals surface area (Å²) < 4.78 is 4.36. The first-order valence-electron chi connectivity index (χ1n) is 5.43. The second-order valence-electron chi connectivity index (χ2n) is 4.47. The third-order valence-corrected chi connectivity index (χ3v) is 3.12. The zero-order chi connectivity index (χ0) is 11.4. The summed E-state index contributed by atoms with van der Waals surface area (Å²) in [7, 11) is 1.22. The maximum absolute atomic E-state index is 11.3. The van der Waals surface area contributed by atoms with Gasteiger partial charge in [-0.05, 0) is 31.1 Å². The van der Waals surface area contributed by atoms with E-state index in [0.717, 1.165) is 19.3 Å². The summed E-state index contributed by atoms with van der Waals surface area (Å²) in [6, 6.07) is 0.118. The summed E-state index contributed by atoms with van der Waals surface area (Å²) in [6.07, 6.45) is 3.16. The number of carbonyl (C=O) groups excluding carboxylic acids is 2. The third kappa shape index (κ3) is 3.22. The van der Waals surface area contributed by atoms with Gasteiger partial charge in [-0.1, -0.05) is 13.8 Å². The van der Waals surface area contributed by atoms with E-state index in [4.69, 9.17) is 0 Å². The van der Waals surface area contributed by atoms with Gasteiger partial charge in [-0.25, -0.2) is 4.79 Å². The van der Waals surface area contributed by atoms with Crippen molar-refractivity contribution >= 4 is 11.9 Å². The molecule has 1 fully saturated rings. The van der Waals surface area contributed by atoms with Gasteiger partial charge < -0.3 is 10.1 Å². The maximum atomic E-state index is 11.3. The molecule has 0 saturated heterocycles. The Balaban J connectivity index is 2.45. The molecule has 15 heavy (non-hydrogen) atoms. The summed E-state index contributed by atoms with van der Waals surface area (Å²) in [4.78, 5) is 22.2. The van der Waals surface area contributed by atoms with Crippen molar-refractivity contribution in [3.63, 3.8) is 0 Å². The van der Waals surface area contributed by atoms with Gasteiger partial charge in [-0.2, -0.15) is 0 Å². The van der Waals surface area contributed by atoms with Gasteiger partial charge in [0.1, 0.15) is 0 Å². The Bertz CT molecular complexity index is 252. The maximum Gasteiger partial charge on any atom is 0.396 e. The van der Waals surface area contributed by atoms with Crippen LogP contribution in [0.2, 0.25) is 0 Å². The Labute approximate surface area is 90.4 Å². The number of rotatable bonds is 1. The Morgan fingerprint density at radius 3 is 2.47 bits per heavy atom. The van der Waals surface area contributed by atoms with Crippen LogP contribution in [0.25, 0.3) is 0 Å². The Hall–Kier alpha value is -1.06. The normalized spacial score (nSPS) is 30.7. The monoisotopic (exact) mass is 213 g/mol. The molecule has 1 aliphatic rings. The van der Waals surface area contributed by atoms with Crippen LogP contribution in [-0.4, -0.2) is 25.0 Å². The molecule has 86 valence electrons. The van der Waals surface area contributed by atoms with E-state index >= 15 is 0 Å². The smallest absolute Gasteiger partial charge is 0.396 e. The molecule has 3 unspecified atom stereocenters. The van der Waals surface area contributed by atoms with E-state index in [-0.39, 0.29) is 6.04 Å². The molecular formula is C11H19NO3. The molecule has 0 aromatic heterocycles. The minimum atomic E-state index is -0.805. The molecule has 0 spiro atoms. The van der Waals surface area contributed by atoms with Gasteiger partial charge in [0.05, 0.1) is 7.11 Å². The van der Waals surface area contributed by atoms with Crippen molar-refractivity contribution in [2.24, 2.45) is 11.8 Å². The molecule has 0 radical (unpaired) electrons. The zero-order valence-electron chi connectivity index (χ0n) is 9.58. The number of methoxy groups -OCH3 is 1. The van der Waals surface area contributed by atoms with Crippen molar-refractivity contribution in [3.05, 3.63) is 0 Å². The fourth-order valence-corrected chi connectivity index (χ4v) is 2.20. The summed E-state index contributed by atoms with van der Waals surface area (Å²) in [5.74, 6) is -0.279. The molecule has 0 aliphatic heterocycles. The third-order valence-electron chi connectivity index (χ3n) is 3.12. The summed E-state index contributed by atoms with van der Waals surface area (Å²) in [5.41, 5.74) is 0. The number of esters is 1. The first-order valence-corrected chi connectivity index (χ1v) is 5.43. The molecule has 1 aliphatic carbocycles. The number of nitrogens with one attached hydrogen (secondary N) is 1. The van der Waals surface area contributed by atoms with Crippen molar-refractivity contribution in [1.82, 2.24) is 5.32 Å². The fourth-order valence-electron chi connectivity index (χ4n) is 2.20. The van der Waals surface area contributed by atoms with Gasteiger partial charge in [0.2, 0.25) is 0 Å². The van der Waals surface area contributed by atoms with Crippen LogP contribution in [0.5, 0.6) is 0 Å². The van der Waals surface area contributed by atoms with Crippen molar-refractivity contribution < 1.29 is 14.3 Å². The number of amides is 1. The summed E-state index contributed by atoms with van der Waals surface area (Å²) in [6.45, 7) is 4.33. The number of ether oxygens (including phenoxy) is 1. The lowest BCUT2D eigenvalue weighted by Gasteiger charge is -2.32. The predicted molar refractivity (Wildman–Crippen MR) is 56.1 cm³/mol. The van der Waals surface area contributed by atoms with Crippen LogP contribution in [0.3, 0.4) is 0 Å². The van der Waals surface area contributed by atoms with Crippen LogP contribution in [0.1, 0.15) is 33.1 Å². The molecule has 4 heteroatoms. The van der Waals surface area contributed by atoms with E-state index in [2.05, 4.69) is 23.9 Å². The Kier molecular flexibility index (Phi) is 4.12. The minimum Gasteiger partial charge on any atom is -0.462 e. The van der Waals surface area contributed by atoms with Gasteiger partial charge in [-0.15, -0.1) is 0 Å². The topological polar surface area (TPSA) is 55.4 Å².